The minimum Gasteiger partial charge on any atom is -0.349 e. The quantitative estimate of drug-likeness (QED) is 0.816. The third-order valence-electron chi connectivity index (χ3n) is 2.67. The molecule has 15 heavy (non-hydrogen) atoms. The van der Waals surface area contributed by atoms with E-state index >= 15 is 0 Å². The summed E-state index contributed by atoms with van der Waals surface area (Å²) < 4.78 is 3.21. The van der Waals surface area contributed by atoms with Crippen LogP contribution in [0.2, 0.25) is 0 Å². The molecule has 0 fully saturated rings. The summed E-state index contributed by atoms with van der Waals surface area (Å²) in [6.45, 7) is 1.70. The van der Waals surface area contributed by atoms with E-state index in [0.29, 0.717) is 6.04 Å². The lowest BCUT2D eigenvalue weighted by molar-refractivity contribution is 0.0913. The van der Waals surface area contributed by atoms with E-state index in [0.717, 1.165) is 28.8 Å². The van der Waals surface area contributed by atoms with E-state index in [4.69, 9.17) is 0 Å². The molecule has 2 heterocycles. The summed E-state index contributed by atoms with van der Waals surface area (Å²) in [5.74, 6) is 0.0404. The smallest absolute Gasteiger partial charge is 0.268 e. The molecule has 1 aromatic rings. The summed E-state index contributed by atoms with van der Waals surface area (Å²) in [4.78, 5) is 11.6. The minimum atomic E-state index is 0.0404. The normalized spacial score (nSPS) is 19.9. The molecule has 1 aliphatic heterocycles. The van der Waals surface area contributed by atoms with Crippen LogP contribution in [0.5, 0.6) is 0 Å². The van der Waals surface area contributed by atoms with Crippen molar-refractivity contribution in [1.82, 2.24) is 15.2 Å². The lowest BCUT2D eigenvalue weighted by Gasteiger charge is -2.26. The molecule has 0 bridgehead atoms. The fourth-order valence-corrected chi connectivity index (χ4v) is 2.48. The zero-order chi connectivity index (χ0) is 10.8. The number of hydrogen-bond acceptors (Lipinski definition) is 2. The second-order valence-electron chi connectivity index (χ2n) is 3.71. The number of hydrogen-bond donors (Lipinski definition) is 2. The maximum absolute atomic E-state index is 11.6. The third-order valence-corrected chi connectivity index (χ3v) is 3.26. The molecule has 0 spiro atoms. The van der Waals surface area contributed by atoms with Crippen LogP contribution < -0.4 is 10.6 Å². The van der Waals surface area contributed by atoms with Crippen molar-refractivity contribution < 1.29 is 4.79 Å². The molecule has 1 amide bonds. The van der Waals surface area contributed by atoms with Crippen molar-refractivity contribution in [3.05, 3.63) is 21.5 Å². The lowest BCUT2D eigenvalue weighted by Crippen LogP contribution is -2.39. The van der Waals surface area contributed by atoms with Crippen molar-refractivity contribution in [3.63, 3.8) is 0 Å². The van der Waals surface area contributed by atoms with Crippen LogP contribution in [0.3, 0.4) is 0 Å². The molecule has 0 aliphatic carbocycles. The van der Waals surface area contributed by atoms with Gasteiger partial charge in [-0.2, -0.15) is 0 Å². The minimum absolute atomic E-state index is 0.0404. The molecule has 1 aromatic heterocycles. The van der Waals surface area contributed by atoms with Crippen LogP contribution in [0.4, 0.5) is 0 Å². The summed E-state index contributed by atoms with van der Waals surface area (Å²) in [6.07, 6.45) is 3.09. The molecule has 2 rings (SSSR count). The molecule has 0 unspecified atom stereocenters. The number of nitrogens with one attached hydrogen (secondary N) is 2. The molecule has 82 valence electrons. The van der Waals surface area contributed by atoms with Crippen LogP contribution in [0.15, 0.2) is 12.3 Å². The predicted octanol–water partition coefficient (Wildman–Crippen LogP) is 0.987. The van der Waals surface area contributed by atoms with Crippen LogP contribution in [-0.4, -0.2) is 30.6 Å². The number of fused-ring (bicyclic) bond motifs is 1. The Balaban J connectivity index is 2.23. The van der Waals surface area contributed by atoms with Crippen LogP contribution in [0.25, 0.3) is 0 Å². The number of carbonyl (C=O) groups excluding carboxylic acids is 1. The maximum atomic E-state index is 11.6. The third kappa shape index (κ3) is 2.17. The summed E-state index contributed by atoms with van der Waals surface area (Å²) in [5, 5.41) is 6.06. The largest absolute Gasteiger partial charge is 0.349 e. The Morgan fingerprint density at radius 2 is 2.53 bits per heavy atom. The van der Waals surface area contributed by atoms with Crippen LogP contribution in [0.1, 0.15) is 23.0 Å². The molecule has 0 saturated carbocycles. The van der Waals surface area contributed by atoms with E-state index in [2.05, 4.69) is 44.0 Å². The highest BCUT2D eigenvalue weighted by Gasteiger charge is 2.24. The number of aromatic nitrogens is 1. The molecule has 0 aromatic carbocycles. The molecule has 1 aliphatic rings. The van der Waals surface area contributed by atoms with Crippen LogP contribution in [0, 0.1) is 3.57 Å². The van der Waals surface area contributed by atoms with Gasteiger partial charge in [0.05, 0.1) is 6.04 Å². The van der Waals surface area contributed by atoms with Gasteiger partial charge in [-0.3, -0.25) is 4.79 Å². The van der Waals surface area contributed by atoms with Gasteiger partial charge >= 0.3 is 0 Å². The number of carbonyl (C=O) groups is 1. The summed E-state index contributed by atoms with van der Waals surface area (Å²) in [5.41, 5.74) is 0.784. The van der Waals surface area contributed by atoms with Gasteiger partial charge in [-0.25, -0.2) is 0 Å². The van der Waals surface area contributed by atoms with E-state index in [1.54, 1.807) is 0 Å². The van der Waals surface area contributed by atoms with Gasteiger partial charge in [0, 0.05) is 16.3 Å². The SMILES string of the molecule is CNCC[C@H]1CNC(=O)c2cc(I)cn21. The Kier molecular flexibility index (Phi) is 3.30. The van der Waals surface area contributed by atoms with E-state index in [9.17, 15) is 4.79 Å². The zero-order valence-electron chi connectivity index (χ0n) is 8.59. The molecule has 0 radical (unpaired) electrons. The topological polar surface area (TPSA) is 46.1 Å². The number of amides is 1. The van der Waals surface area contributed by atoms with Crippen molar-refractivity contribution in [3.8, 4) is 0 Å². The first-order valence-corrected chi connectivity index (χ1v) is 6.10. The van der Waals surface area contributed by atoms with E-state index < -0.39 is 0 Å². The lowest BCUT2D eigenvalue weighted by atomic mass is 10.1. The highest BCUT2D eigenvalue weighted by molar-refractivity contribution is 14.1. The van der Waals surface area contributed by atoms with Gasteiger partial charge in [0.15, 0.2) is 0 Å². The second-order valence-corrected chi connectivity index (χ2v) is 4.95. The summed E-state index contributed by atoms with van der Waals surface area (Å²) in [7, 11) is 1.95. The van der Waals surface area contributed by atoms with Crippen molar-refractivity contribution in [2.75, 3.05) is 20.1 Å². The summed E-state index contributed by atoms with van der Waals surface area (Å²) in [6, 6.07) is 2.31. The van der Waals surface area contributed by atoms with Gasteiger partial charge in [-0.1, -0.05) is 0 Å². The molecular formula is C10H14IN3O. The fraction of sp³-hybridized carbons (Fsp3) is 0.500. The Labute approximate surface area is 103 Å². The highest BCUT2D eigenvalue weighted by atomic mass is 127. The van der Waals surface area contributed by atoms with E-state index in [1.807, 2.05) is 13.1 Å². The van der Waals surface area contributed by atoms with E-state index in [1.165, 1.54) is 0 Å². The van der Waals surface area contributed by atoms with Crippen molar-refractivity contribution in [2.24, 2.45) is 0 Å². The standard InChI is InChI=1S/C10H14IN3O/c1-12-3-2-8-5-13-10(15)9-4-7(11)6-14(8)9/h4,6,8,12H,2-3,5H2,1H3,(H,13,15)/t8-/m0/s1. The van der Waals surface area contributed by atoms with E-state index in [-0.39, 0.29) is 5.91 Å². The second kappa shape index (κ2) is 4.52. The molecule has 2 N–H and O–H groups in total. The Bertz CT molecular complexity index is 375. The monoisotopic (exact) mass is 319 g/mol. The first-order valence-electron chi connectivity index (χ1n) is 5.02. The highest BCUT2D eigenvalue weighted by Crippen LogP contribution is 2.22. The van der Waals surface area contributed by atoms with Crippen LogP contribution >= 0.6 is 22.6 Å². The van der Waals surface area contributed by atoms with Gasteiger partial charge in [-0.15, -0.1) is 0 Å². The van der Waals surface area contributed by atoms with Gasteiger partial charge in [0.25, 0.3) is 5.91 Å². The van der Waals surface area contributed by atoms with Gasteiger partial charge in [-0.05, 0) is 48.7 Å². The zero-order valence-corrected chi connectivity index (χ0v) is 10.7. The summed E-state index contributed by atoms with van der Waals surface area (Å²) >= 11 is 2.24. The Hall–Kier alpha value is -0.560. The number of nitrogens with zero attached hydrogens (tertiary/aromatic N) is 1. The predicted molar refractivity (Wildman–Crippen MR) is 67.1 cm³/mol. The average Bonchev–Trinajstić information content (AvgIpc) is 2.60. The molecular weight excluding hydrogens is 305 g/mol. The Morgan fingerprint density at radius 3 is 3.27 bits per heavy atom. The fourth-order valence-electron chi connectivity index (χ4n) is 1.88. The first kappa shape index (κ1) is 10.9. The maximum Gasteiger partial charge on any atom is 0.268 e. The van der Waals surface area contributed by atoms with Gasteiger partial charge in [0.1, 0.15) is 5.69 Å². The van der Waals surface area contributed by atoms with Crippen LogP contribution in [-0.2, 0) is 0 Å². The molecule has 0 saturated heterocycles. The van der Waals surface area contributed by atoms with Crippen molar-refractivity contribution >= 4 is 28.5 Å². The van der Waals surface area contributed by atoms with Crippen molar-refractivity contribution in [1.29, 1.82) is 0 Å². The molecule has 1 atom stereocenters. The molecule has 5 heteroatoms. The average molecular weight is 319 g/mol. The van der Waals surface area contributed by atoms with Gasteiger partial charge in [0.2, 0.25) is 0 Å². The first-order chi connectivity index (χ1) is 7.22. The Morgan fingerprint density at radius 1 is 1.73 bits per heavy atom. The van der Waals surface area contributed by atoms with Crippen molar-refractivity contribution in [2.45, 2.75) is 12.5 Å². The molecule has 4 nitrogen and oxygen atoms in total. The number of halogens is 1. The number of rotatable bonds is 3. The van der Waals surface area contributed by atoms with Gasteiger partial charge < -0.3 is 15.2 Å².